The van der Waals surface area contributed by atoms with Gasteiger partial charge in [0.1, 0.15) is 0 Å². The van der Waals surface area contributed by atoms with Gasteiger partial charge in [0.05, 0.1) is 11.1 Å². The van der Waals surface area contributed by atoms with E-state index < -0.39 is 5.41 Å². The Morgan fingerprint density at radius 3 is 1.45 bits per heavy atom. The van der Waals surface area contributed by atoms with Gasteiger partial charge in [-0.1, -0.05) is 188 Å². The molecule has 0 saturated carbocycles. The van der Waals surface area contributed by atoms with Crippen molar-refractivity contribution >= 4 is 27.8 Å². The van der Waals surface area contributed by atoms with Gasteiger partial charge < -0.3 is 4.90 Å². The fourth-order valence-electron chi connectivity index (χ4n) is 10.1. The Morgan fingerprint density at radius 2 is 0.786 bits per heavy atom. The van der Waals surface area contributed by atoms with E-state index in [9.17, 15) is 0 Å². The van der Waals surface area contributed by atoms with Gasteiger partial charge in [-0.2, -0.15) is 0 Å². The van der Waals surface area contributed by atoms with Crippen molar-refractivity contribution in [2.75, 3.05) is 4.90 Å². The van der Waals surface area contributed by atoms with Crippen LogP contribution < -0.4 is 4.90 Å². The van der Waals surface area contributed by atoms with Crippen LogP contribution in [0.1, 0.15) is 45.9 Å². The van der Waals surface area contributed by atoms with Crippen molar-refractivity contribution in [1.29, 1.82) is 0 Å². The number of hydrogen-bond donors (Lipinski definition) is 0. The van der Waals surface area contributed by atoms with Crippen LogP contribution in [0, 0.1) is 0 Å². The number of fused-ring (bicyclic) bond motifs is 7. The van der Waals surface area contributed by atoms with Crippen LogP contribution >= 0.6 is 0 Å². The lowest BCUT2D eigenvalue weighted by Crippen LogP contribution is -2.28. The topological polar surface area (TPSA) is 3.24 Å². The third kappa shape index (κ3) is 4.55. The average Bonchev–Trinajstić information content (AvgIpc) is 3.72. The van der Waals surface area contributed by atoms with Crippen molar-refractivity contribution in [3.63, 3.8) is 0 Å². The van der Waals surface area contributed by atoms with Crippen LogP contribution in [0.4, 0.5) is 17.1 Å². The van der Waals surface area contributed by atoms with Gasteiger partial charge >= 0.3 is 0 Å². The Bertz CT molecular complexity index is 2880. The van der Waals surface area contributed by atoms with E-state index in [1.807, 2.05) is 0 Å². The van der Waals surface area contributed by atoms with Gasteiger partial charge in [0.15, 0.2) is 0 Å². The number of rotatable bonds is 6. The molecule has 1 atom stereocenters. The van der Waals surface area contributed by atoms with Crippen molar-refractivity contribution in [3.05, 3.63) is 257 Å². The fraction of sp³-hybridized carbons (Fsp3) is 0.0545. The van der Waals surface area contributed by atoms with E-state index in [-0.39, 0.29) is 5.41 Å². The highest BCUT2D eigenvalue weighted by molar-refractivity contribution is 6.01. The molecule has 2 aliphatic rings. The lowest BCUT2D eigenvalue weighted by atomic mass is 9.68. The summed E-state index contributed by atoms with van der Waals surface area (Å²) in [5, 5.41) is 2.44. The SMILES string of the molecule is CC1(c2ccccc2)c2ccccc2-c2cc(N(c3ccc4c(c3)-c3ccccc3C4(c3ccccc3)c3ccccc3)c3cccc4ccccc34)ccc21. The Labute approximate surface area is 328 Å². The molecule has 0 spiro atoms. The zero-order valence-electron chi connectivity index (χ0n) is 31.2. The van der Waals surface area contributed by atoms with Crippen LogP contribution in [0.2, 0.25) is 0 Å². The molecule has 0 N–H and O–H groups in total. The van der Waals surface area contributed by atoms with Gasteiger partial charge in [0.2, 0.25) is 0 Å². The van der Waals surface area contributed by atoms with E-state index >= 15 is 0 Å². The summed E-state index contributed by atoms with van der Waals surface area (Å²) in [6.07, 6.45) is 0. The maximum absolute atomic E-state index is 2.48. The minimum atomic E-state index is -0.448. The van der Waals surface area contributed by atoms with Crippen molar-refractivity contribution in [3.8, 4) is 22.3 Å². The molecule has 0 saturated heterocycles. The molecule has 0 bridgehead atoms. The zero-order valence-corrected chi connectivity index (χ0v) is 31.2. The molecule has 1 unspecified atom stereocenters. The minimum Gasteiger partial charge on any atom is -0.310 e. The lowest BCUT2D eigenvalue weighted by Gasteiger charge is -2.34. The molecule has 1 heteroatoms. The van der Waals surface area contributed by atoms with Crippen LogP contribution in [-0.2, 0) is 10.8 Å². The van der Waals surface area contributed by atoms with Gasteiger partial charge in [0.25, 0.3) is 0 Å². The van der Waals surface area contributed by atoms with Gasteiger partial charge in [-0.15, -0.1) is 0 Å². The third-order valence-electron chi connectivity index (χ3n) is 12.6. The molecule has 0 aliphatic heterocycles. The summed E-state index contributed by atoms with van der Waals surface area (Å²) in [5.41, 5.74) is 17.0. The second-order valence-corrected chi connectivity index (χ2v) is 15.4. The van der Waals surface area contributed by atoms with Crippen LogP contribution in [0.5, 0.6) is 0 Å². The molecule has 9 aromatic carbocycles. The molecule has 1 nitrogen and oxygen atoms in total. The standard InChI is InChI=1S/C55H39N/c1-54(39-20-5-2-6-21-39)49-29-15-13-27-45(49)47-36-42(32-34-50(47)54)56(53-31-17-19-38-18-11-12-26-44(38)53)43-33-35-52-48(37-43)46-28-14-16-30-51(46)55(52,40-22-7-3-8-23-40)41-24-9-4-10-25-41/h2-37H,1H3. The Morgan fingerprint density at radius 1 is 0.339 bits per heavy atom. The molecular weight excluding hydrogens is 675 g/mol. The second kappa shape index (κ2) is 12.5. The van der Waals surface area contributed by atoms with Gasteiger partial charge in [-0.3, -0.25) is 0 Å². The third-order valence-corrected chi connectivity index (χ3v) is 12.6. The van der Waals surface area contributed by atoms with Crippen molar-refractivity contribution in [2.24, 2.45) is 0 Å². The van der Waals surface area contributed by atoms with E-state index in [4.69, 9.17) is 0 Å². The Balaban J connectivity index is 1.17. The van der Waals surface area contributed by atoms with E-state index in [1.165, 1.54) is 72.0 Å². The number of nitrogens with zero attached hydrogens (tertiary/aromatic N) is 1. The summed E-state index contributed by atoms with van der Waals surface area (Å²) in [5.74, 6) is 0. The number of benzene rings is 9. The summed E-state index contributed by atoms with van der Waals surface area (Å²) in [7, 11) is 0. The summed E-state index contributed by atoms with van der Waals surface area (Å²) >= 11 is 0. The molecule has 11 rings (SSSR count). The molecule has 0 aromatic heterocycles. The first kappa shape index (κ1) is 32.5. The van der Waals surface area contributed by atoms with Gasteiger partial charge in [-0.25, -0.2) is 0 Å². The predicted octanol–water partition coefficient (Wildman–Crippen LogP) is 14.0. The Kier molecular flexibility index (Phi) is 7.28. The first-order chi connectivity index (χ1) is 27.7. The Hall–Kier alpha value is -6.96. The van der Waals surface area contributed by atoms with E-state index in [2.05, 4.69) is 230 Å². The summed E-state index contributed by atoms with van der Waals surface area (Å²) in [6, 6.07) is 80.9. The van der Waals surface area contributed by atoms with Crippen molar-refractivity contribution in [2.45, 2.75) is 17.8 Å². The molecular formula is C55H39N. The normalized spacial score (nSPS) is 15.8. The largest absolute Gasteiger partial charge is 0.310 e. The maximum Gasteiger partial charge on any atom is 0.0713 e. The molecule has 9 aromatic rings. The quantitative estimate of drug-likeness (QED) is 0.166. The smallest absolute Gasteiger partial charge is 0.0713 e. The predicted molar refractivity (Wildman–Crippen MR) is 233 cm³/mol. The molecule has 264 valence electrons. The first-order valence-electron chi connectivity index (χ1n) is 19.6. The minimum absolute atomic E-state index is 0.258. The van der Waals surface area contributed by atoms with Crippen LogP contribution in [-0.4, -0.2) is 0 Å². The first-order valence-corrected chi connectivity index (χ1v) is 19.6. The van der Waals surface area contributed by atoms with Crippen LogP contribution in [0.15, 0.2) is 218 Å². The molecule has 56 heavy (non-hydrogen) atoms. The molecule has 0 radical (unpaired) electrons. The molecule has 0 amide bonds. The summed E-state index contributed by atoms with van der Waals surface area (Å²) in [6.45, 7) is 2.39. The number of anilines is 3. The highest BCUT2D eigenvalue weighted by Gasteiger charge is 2.46. The van der Waals surface area contributed by atoms with E-state index in [1.54, 1.807) is 0 Å². The second-order valence-electron chi connectivity index (χ2n) is 15.4. The molecule has 2 aliphatic carbocycles. The lowest BCUT2D eigenvalue weighted by molar-refractivity contribution is 0.714. The molecule has 0 fully saturated rings. The summed E-state index contributed by atoms with van der Waals surface area (Å²) < 4.78 is 0. The summed E-state index contributed by atoms with van der Waals surface area (Å²) in [4.78, 5) is 2.48. The van der Waals surface area contributed by atoms with Crippen LogP contribution in [0.25, 0.3) is 33.0 Å². The monoisotopic (exact) mass is 713 g/mol. The van der Waals surface area contributed by atoms with E-state index in [0.29, 0.717) is 0 Å². The zero-order chi connectivity index (χ0) is 37.3. The maximum atomic E-state index is 2.48. The van der Waals surface area contributed by atoms with E-state index in [0.717, 1.165) is 17.1 Å². The van der Waals surface area contributed by atoms with Gasteiger partial charge in [0, 0.05) is 22.2 Å². The highest BCUT2D eigenvalue weighted by Crippen LogP contribution is 2.58. The van der Waals surface area contributed by atoms with Crippen molar-refractivity contribution in [1.82, 2.24) is 0 Å². The van der Waals surface area contributed by atoms with Crippen LogP contribution in [0.3, 0.4) is 0 Å². The fourth-order valence-corrected chi connectivity index (χ4v) is 10.1. The van der Waals surface area contributed by atoms with Crippen molar-refractivity contribution < 1.29 is 0 Å². The average molecular weight is 714 g/mol. The highest BCUT2D eigenvalue weighted by atomic mass is 15.1. The van der Waals surface area contributed by atoms with Gasteiger partial charge in [-0.05, 0) is 104 Å². The number of hydrogen-bond acceptors (Lipinski definition) is 1. The molecule has 0 heterocycles.